The molecule has 0 bridgehead atoms. The third-order valence-electron chi connectivity index (χ3n) is 5.82. The van der Waals surface area contributed by atoms with Crippen LogP contribution >= 0.6 is 0 Å². The molecule has 0 saturated carbocycles. The van der Waals surface area contributed by atoms with Crippen LogP contribution in [0.25, 0.3) is 11.1 Å². The van der Waals surface area contributed by atoms with E-state index in [1.807, 2.05) is 49.9 Å². The first kappa shape index (κ1) is 20.7. The molecule has 7 heteroatoms. The molecular weight excluding hydrogens is 382 g/mol. The fraction of sp³-hybridized carbons (Fsp3) is 0.609. The molecule has 4 rings (SSSR count). The number of para-hydroxylation sites is 2. The highest BCUT2D eigenvalue weighted by atomic mass is 16.6. The molecule has 0 radical (unpaired) electrons. The smallest absolute Gasteiger partial charge is 0.410 e. The van der Waals surface area contributed by atoms with Crippen LogP contribution in [-0.4, -0.2) is 58.6 Å². The average molecular weight is 414 g/mol. The van der Waals surface area contributed by atoms with Crippen molar-refractivity contribution >= 4 is 23.1 Å². The highest BCUT2D eigenvalue weighted by molar-refractivity contribution is 5.80. The number of aromatic nitrogens is 1. The summed E-state index contributed by atoms with van der Waals surface area (Å²) in [6.07, 6.45) is 3.19. The standard InChI is InChI=1S/C23H31N3O4/c1-23(2,3)30-22(28)26-13-7-9-17(15-26)21(27)25-12-6-8-16(14-25)20-24-18-10-4-5-11-19(18)29-20/h4-5,10-11,16-17H,6-9,12-15H2,1-3H3/t16-,17+/m0/s1. The number of rotatable bonds is 2. The molecule has 2 aromatic rings. The number of hydrogen-bond acceptors (Lipinski definition) is 5. The van der Waals surface area contributed by atoms with Crippen molar-refractivity contribution in [2.24, 2.45) is 5.92 Å². The molecule has 0 spiro atoms. The van der Waals surface area contributed by atoms with Crippen molar-refractivity contribution in [1.82, 2.24) is 14.8 Å². The van der Waals surface area contributed by atoms with Crippen LogP contribution < -0.4 is 0 Å². The number of nitrogens with zero attached hydrogens (tertiary/aromatic N) is 3. The summed E-state index contributed by atoms with van der Waals surface area (Å²) < 4.78 is 11.5. The molecule has 2 saturated heterocycles. The molecule has 2 fully saturated rings. The van der Waals surface area contributed by atoms with E-state index in [1.165, 1.54) is 0 Å². The number of oxazole rings is 1. The summed E-state index contributed by atoms with van der Waals surface area (Å²) in [7, 11) is 0. The quantitative estimate of drug-likeness (QED) is 0.738. The summed E-state index contributed by atoms with van der Waals surface area (Å²) in [5.74, 6) is 0.783. The van der Waals surface area contributed by atoms with Crippen LogP contribution in [0.1, 0.15) is 58.3 Å². The summed E-state index contributed by atoms with van der Waals surface area (Å²) in [5, 5.41) is 0. The second-order valence-electron chi connectivity index (χ2n) is 9.41. The van der Waals surface area contributed by atoms with E-state index in [4.69, 9.17) is 9.15 Å². The Morgan fingerprint density at radius 3 is 2.57 bits per heavy atom. The van der Waals surface area contributed by atoms with Gasteiger partial charge >= 0.3 is 6.09 Å². The van der Waals surface area contributed by atoms with Crippen molar-refractivity contribution in [3.8, 4) is 0 Å². The minimum Gasteiger partial charge on any atom is -0.444 e. The van der Waals surface area contributed by atoms with E-state index in [0.717, 1.165) is 43.3 Å². The Balaban J connectivity index is 1.40. The summed E-state index contributed by atoms with van der Waals surface area (Å²) in [5.41, 5.74) is 1.11. The zero-order chi connectivity index (χ0) is 21.3. The van der Waals surface area contributed by atoms with Crippen LogP contribution in [0.15, 0.2) is 28.7 Å². The van der Waals surface area contributed by atoms with E-state index < -0.39 is 5.60 Å². The molecule has 30 heavy (non-hydrogen) atoms. The third-order valence-corrected chi connectivity index (χ3v) is 5.82. The van der Waals surface area contributed by atoms with E-state index in [2.05, 4.69) is 4.98 Å². The molecule has 2 atom stereocenters. The molecule has 2 aliphatic rings. The number of benzene rings is 1. The molecule has 0 unspecified atom stereocenters. The SMILES string of the molecule is CC(C)(C)OC(=O)N1CCC[C@@H](C(=O)N2CCC[C@H](c3nc4ccccc4o3)C2)C1. The Morgan fingerprint density at radius 2 is 1.80 bits per heavy atom. The first-order chi connectivity index (χ1) is 14.3. The van der Waals surface area contributed by atoms with Crippen molar-refractivity contribution in [3.63, 3.8) is 0 Å². The average Bonchev–Trinajstić information content (AvgIpc) is 3.16. The molecule has 3 heterocycles. The van der Waals surface area contributed by atoms with E-state index in [1.54, 1.807) is 4.90 Å². The van der Waals surface area contributed by atoms with Crippen molar-refractivity contribution in [3.05, 3.63) is 30.2 Å². The van der Waals surface area contributed by atoms with Gasteiger partial charge in [-0.3, -0.25) is 4.79 Å². The van der Waals surface area contributed by atoms with Gasteiger partial charge in [0.15, 0.2) is 11.5 Å². The first-order valence-electron chi connectivity index (χ1n) is 10.9. The van der Waals surface area contributed by atoms with E-state index in [9.17, 15) is 9.59 Å². The molecule has 1 aromatic heterocycles. The second-order valence-corrected chi connectivity index (χ2v) is 9.41. The number of amides is 2. The Kier molecular flexibility index (Phi) is 5.71. The summed E-state index contributed by atoms with van der Waals surface area (Å²) >= 11 is 0. The van der Waals surface area contributed by atoms with Crippen molar-refractivity contribution in [2.75, 3.05) is 26.2 Å². The molecule has 2 amide bonds. The van der Waals surface area contributed by atoms with Crippen LogP contribution in [0.4, 0.5) is 4.79 Å². The van der Waals surface area contributed by atoms with Crippen LogP contribution in [0, 0.1) is 5.92 Å². The lowest BCUT2D eigenvalue weighted by atomic mass is 9.93. The number of hydrogen-bond donors (Lipinski definition) is 0. The van der Waals surface area contributed by atoms with Gasteiger partial charge in [-0.2, -0.15) is 0 Å². The van der Waals surface area contributed by atoms with Gasteiger partial charge in [-0.05, 0) is 58.6 Å². The molecule has 2 aliphatic heterocycles. The first-order valence-corrected chi connectivity index (χ1v) is 10.9. The lowest BCUT2D eigenvalue weighted by Gasteiger charge is -2.38. The molecule has 7 nitrogen and oxygen atoms in total. The zero-order valence-electron chi connectivity index (χ0n) is 18.1. The van der Waals surface area contributed by atoms with Crippen molar-refractivity contribution in [1.29, 1.82) is 0 Å². The summed E-state index contributed by atoms with van der Waals surface area (Å²) in [6, 6.07) is 7.75. The second kappa shape index (κ2) is 8.28. The van der Waals surface area contributed by atoms with Crippen LogP contribution in [0.5, 0.6) is 0 Å². The lowest BCUT2D eigenvalue weighted by molar-refractivity contribution is -0.138. The molecule has 0 N–H and O–H groups in total. The minimum absolute atomic E-state index is 0.112. The monoisotopic (exact) mass is 413 g/mol. The molecular formula is C23H31N3O4. The predicted octanol–water partition coefficient (Wildman–Crippen LogP) is 4.18. The van der Waals surface area contributed by atoms with E-state index in [0.29, 0.717) is 25.5 Å². The number of likely N-dealkylation sites (tertiary alicyclic amines) is 2. The van der Waals surface area contributed by atoms with Crippen molar-refractivity contribution < 1.29 is 18.7 Å². The van der Waals surface area contributed by atoms with Gasteiger partial charge < -0.3 is 19.0 Å². The van der Waals surface area contributed by atoms with Gasteiger partial charge in [0, 0.05) is 26.2 Å². The number of ether oxygens (including phenoxy) is 1. The van der Waals surface area contributed by atoms with Gasteiger partial charge in [0.1, 0.15) is 11.1 Å². The maximum atomic E-state index is 13.3. The molecule has 1 aromatic carbocycles. The maximum absolute atomic E-state index is 13.3. The Hall–Kier alpha value is -2.57. The molecule has 162 valence electrons. The lowest BCUT2D eigenvalue weighted by Crippen LogP contribution is -2.49. The van der Waals surface area contributed by atoms with Gasteiger partial charge in [0.25, 0.3) is 0 Å². The fourth-order valence-electron chi connectivity index (χ4n) is 4.37. The summed E-state index contributed by atoms with van der Waals surface area (Å²) in [4.78, 5) is 33.9. The highest BCUT2D eigenvalue weighted by Gasteiger charge is 2.35. The zero-order valence-corrected chi connectivity index (χ0v) is 18.1. The Bertz CT molecular complexity index is 884. The summed E-state index contributed by atoms with van der Waals surface area (Å²) in [6.45, 7) is 8.02. The van der Waals surface area contributed by atoms with Gasteiger partial charge in [-0.15, -0.1) is 0 Å². The van der Waals surface area contributed by atoms with Crippen LogP contribution in [-0.2, 0) is 9.53 Å². The van der Waals surface area contributed by atoms with Gasteiger partial charge in [0.2, 0.25) is 5.91 Å². The van der Waals surface area contributed by atoms with Crippen LogP contribution in [0.3, 0.4) is 0 Å². The number of fused-ring (bicyclic) bond motifs is 1. The minimum atomic E-state index is -0.534. The van der Waals surface area contributed by atoms with Gasteiger partial charge in [0.05, 0.1) is 11.8 Å². The van der Waals surface area contributed by atoms with Crippen LogP contribution in [0.2, 0.25) is 0 Å². The van der Waals surface area contributed by atoms with Crippen molar-refractivity contribution in [2.45, 2.75) is 58.0 Å². The fourth-order valence-corrected chi connectivity index (χ4v) is 4.37. The number of carbonyl (C=O) groups is 2. The highest BCUT2D eigenvalue weighted by Crippen LogP contribution is 2.30. The largest absolute Gasteiger partial charge is 0.444 e. The normalized spacial score (nSPS) is 22.9. The number of carbonyl (C=O) groups excluding carboxylic acids is 2. The van der Waals surface area contributed by atoms with Gasteiger partial charge in [-0.25, -0.2) is 9.78 Å². The van der Waals surface area contributed by atoms with E-state index in [-0.39, 0.29) is 23.8 Å². The Labute approximate surface area is 177 Å². The molecule has 0 aliphatic carbocycles. The van der Waals surface area contributed by atoms with E-state index >= 15 is 0 Å². The third kappa shape index (κ3) is 4.60. The Morgan fingerprint density at radius 1 is 1.07 bits per heavy atom. The maximum Gasteiger partial charge on any atom is 0.410 e. The van der Waals surface area contributed by atoms with Gasteiger partial charge in [-0.1, -0.05) is 12.1 Å². The number of piperidine rings is 2. The topological polar surface area (TPSA) is 75.9 Å². The predicted molar refractivity (Wildman–Crippen MR) is 113 cm³/mol.